The molecule has 0 spiro atoms. The van der Waals surface area contributed by atoms with Gasteiger partial charge in [-0.1, -0.05) is 27.3 Å². The quantitative estimate of drug-likeness (QED) is 0.381. The van der Waals surface area contributed by atoms with Crippen molar-refractivity contribution in [1.82, 2.24) is 15.5 Å². The minimum absolute atomic E-state index is 0. The number of ketones is 1. The number of likely N-dealkylation sites (tertiary alicyclic amines) is 1. The summed E-state index contributed by atoms with van der Waals surface area (Å²) in [6.45, 7) is 6.92. The first-order chi connectivity index (χ1) is 15.1. The summed E-state index contributed by atoms with van der Waals surface area (Å²) in [5.74, 6) is -5.12. The van der Waals surface area contributed by atoms with Gasteiger partial charge in [0.1, 0.15) is 11.7 Å². The summed E-state index contributed by atoms with van der Waals surface area (Å²) >= 11 is 0. The molecule has 13 heteroatoms. The number of amides is 3. The van der Waals surface area contributed by atoms with Crippen LogP contribution in [0.5, 0.6) is 0 Å². The molecule has 0 bridgehead atoms. The van der Waals surface area contributed by atoms with E-state index in [0.29, 0.717) is 0 Å². The first-order valence-corrected chi connectivity index (χ1v) is 10.6. The van der Waals surface area contributed by atoms with Gasteiger partial charge in [0.2, 0.25) is 23.5 Å². The third-order valence-corrected chi connectivity index (χ3v) is 4.61. The SMILES string of the molecule is CCC(C)(F)F.CNC(=O)C(=O)CNC(=O)C1CC(C)(F)CCN1C(=O)C[N-]C(C)C.CO.[Y]. The molecule has 3 N–H and O–H groups in total. The van der Waals surface area contributed by atoms with E-state index in [-0.39, 0.29) is 77.0 Å². The number of carbonyl (C=O) groups is 4. The van der Waals surface area contributed by atoms with E-state index in [9.17, 15) is 32.3 Å². The summed E-state index contributed by atoms with van der Waals surface area (Å²) in [7, 11) is 2.30. The molecule has 0 aromatic carbocycles. The van der Waals surface area contributed by atoms with Gasteiger partial charge in [-0.05, 0) is 20.3 Å². The van der Waals surface area contributed by atoms with Crippen LogP contribution in [0.25, 0.3) is 5.32 Å². The minimum Gasteiger partial charge on any atom is -0.652 e. The Hall–Kier alpha value is -1.11. The van der Waals surface area contributed by atoms with Crippen LogP contribution in [0.3, 0.4) is 0 Å². The number of carbonyl (C=O) groups excluding carboxylic acids is 4. The van der Waals surface area contributed by atoms with Crippen molar-refractivity contribution >= 4 is 23.5 Å². The van der Waals surface area contributed by atoms with Crippen LogP contribution in [0, 0.1) is 0 Å². The number of nitrogens with zero attached hydrogens (tertiary/aromatic N) is 2. The molecule has 1 saturated heterocycles. The van der Waals surface area contributed by atoms with Crippen molar-refractivity contribution in [3.05, 3.63) is 5.32 Å². The molecule has 34 heavy (non-hydrogen) atoms. The van der Waals surface area contributed by atoms with Gasteiger partial charge in [-0.15, -0.1) is 6.04 Å². The molecule has 0 saturated carbocycles. The molecule has 2 unspecified atom stereocenters. The molecule has 1 aliphatic rings. The van der Waals surface area contributed by atoms with Gasteiger partial charge in [0.15, 0.2) is 0 Å². The monoisotopic (exact) mass is 572 g/mol. The number of likely N-dealkylation sites (N-methyl/N-ethyl adjacent to an activating group) is 1. The zero-order chi connectivity index (χ0) is 26.4. The van der Waals surface area contributed by atoms with E-state index in [1.165, 1.54) is 25.8 Å². The normalized spacial score (nSPS) is 19.4. The number of hydrogen-bond donors (Lipinski definition) is 3. The molecule has 1 radical (unpaired) electrons. The molecule has 1 heterocycles. The Labute approximate surface area is 225 Å². The van der Waals surface area contributed by atoms with Crippen LogP contribution in [0.15, 0.2) is 0 Å². The Morgan fingerprint density at radius 3 is 2.15 bits per heavy atom. The molecule has 197 valence electrons. The van der Waals surface area contributed by atoms with Crippen LogP contribution in [0.4, 0.5) is 13.2 Å². The number of Topliss-reactive ketones (excluding diaryl/α,β-unsaturated/α-hetero) is 1. The first-order valence-electron chi connectivity index (χ1n) is 10.6. The van der Waals surface area contributed by atoms with E-state index >= 15 is 0 Å². The van der Waals surface area contributed by atoms with E-state index in [0.717, 1.165) is 14.0 Å². The average Bonchev–Trinajstić information content (AvgIpc) is 2.75. The second-order valence-electron chi connectivity index (χ2n) is 8.05. The molecule has 0 aromatic heterocycles. The summed E-state index contributed by atoms with van der Waals surface area (Å²) in [6, 6.07) is -1.06. The standard InChI is InChI=1S/C16H26FN4O4.C4H8F2.CH4O.Y/c1-10(2)19-9-13(23)21-6-5-16(3,17)7-11(21)14(24)20-8-12(22)15(25)18-4;1-3-4(2,5)6;1-2;/h10-11H,5-9H2,1-4H3,(H,18,25)(H,20,24);3H2,1-2H3;2H,1H3;/q-1;;;. The third-order valence-electron chi connectivity index (χ3n) is 4.61. The van der Waals surface area contributed by atoms with Crippen molar-refractivity contribution in [2.24, 2.45) is 0 Å². The third kappa shape index (κ3) is 16.5. The van der Waals surface area contributed by atoms with E-state index in [1.807, 2.05) is 13.8 Å². The van der Waals surface area contributed by atoms with Crippen molar-refractivity contribution in [1.29, 1.82) is 0 Å². The van der Waals surface area contributed by atoms with Crippen LogP contribution in [-0.2, 0) is 51.9 Å². The van der Waals surface area contributed by atoms with Crippen LogP contribution < -0.4 is 10.6 Å². The van der Waals surface area contributed by atoms with Crippen molar-refractivity contribution in [3.8, 4) is 0 Å². The number of aliphatic hydroxyl groups is 1. The second-order valence-corrected chi connectivity index (χ2v) is 8.05. The van der Waals surface area contributed by atoms with Gasteiger partial charge in [-0.3, -0.25) is 19.2 Å². The minimum atomic E-state index is -2.46. The van der Waals surface area contributed by atoms with Gasteiger partial charge in [-0.25, -0.2) is 13.2 Å². The van der Waals surface area contributed by atoms with Crippen molar-refractivity contribution in [2.75, 3.05) is 33.8 Å². The molecule has 3 amide bonds. The Kier molecular flexibility index (Phi) is 20.0. The van der Waals surface area contributed by atoms with E-state index in [2.05, 4.69) is 16.0 Å². The largest absolute Gasteiger partial charge is 0.652 e. The number of nitrogens with one attached hydrogen (secondary N) is 2. The Bertz CT molecular complexity index is 646. The summed E-state index contributed by atoms with van der Waals surface area (Å²) < 4.78 is 37.2. The molecule has 1 fully saturated rings. The summed E-state index contributed by atoms with van der Waals surface area (Å²) in [5.41, 5.74) is -1.58. The van der Waals surface area contributed by atoms with Gasteiger partial charge >= 0.3 is 0 Å². The molecule has 2 atom stereocenters. The smallest absolute Gasteiger partial charge is 0.289 e. The maximum atomic E-state index is 14.3. The molecule has 1 rings (SSSR count). The zero-order valence-electron chi connectivity index (χ0n) is 21.1. The van der Waals surface area contributed by atoms with Gasteiger partial charge in [0.25, 0.3) is 5.91 Å². The van der Waals surface area contributed by atoms with Gasteiger partial charge in [-0.2, -0.15) is 0 Å². The maximum Gasteiger partial charge on any atom is 0.289 e. The summed E-state index contributed by atoms with van der Waals surface area (Å²) in [5, 5.41) is 15.6. The Morgan fingerprint density at radius 1 is 1.24 bits per heavy atom. The molecular weight excluding hydrogens is 534 g/mol. The van der Waals surface area contributed by atoms with Gasteiger partial charge in [0, 0.05) is 66.3 Å². The predicted octanol–water partition coefficient (Wildman–Crippen LogP) is 1.58. The van der Waals surface area contributed by atoms with Gasteiger partial charge in [0.05, 0.1) is 6.54 Å². The van der Waals surface area contributed by atoms with Crippen molar-refractivity contribution in [2.45, 2.75) is 77.6 Å². The van der Waals surface area contributed by atoms with E-state index < -0.39 is 41.8 Å². The summed E-state index contributed by atoms with van der Waals surface area (Å²) in [6.07, 6.45) is -0.102. The number of aliphatic hydroxyl groups excluding tert-OH is 1. The average molecular weight is 572 g/mol. The Balaban J connectivity index is -0.000000926. The van der Waals surface area contributed by atoms with E-state index in [1.54, 1.807) is 0 Å². The fraction of sp³-hybridized carbons (Fsp3) is 0.810. The van der Waals surface area contributed by atoms with Crippen LogP contribution in [-0.4, -0.2) is 91.0 Å². The summed E-state index contributed by atoms with van der Waals surface area (Å²) in [4.78, 5) is 48.6. The fourth-order valence-electron chi connectivity index (χ4n) is 2.51. The topological polar surface area (TPSA) is 130 Å². The van der Waals surface area contributed by atoms with Crippen LogP contribution in [0.2, 0.25) is 0 Å². The molecule has 0 aliphatic carbocycles. The number of piperidine rings is 1. The molecular formula is C21H38F3N4O5Y-. The molecule has 0 aromatic rings. The zero-order valence-corrected chi connectivity index (χ0v) is 23.9. The maximum absolute atomic E-state index is 14.3. The molecule has 1 aliphatic heterocycles. The second kappa shape index (κ2) is 18.2. The number of halogens is 3. The van der Waals surface area contributed by atoms with Gasteiger partial charge < -0.3 is 26.0 Å². The van der Waals surface area contributed by atoms with Crippen LogP contribution in [0.1, 0.15) is 53.9 Å². The Morgan fingerprint density at radius 2 is 1.74 bits per heavy atom. The number of alkyl halides is 3. The molecule has 9 nitrogen and oxygen atoms in total. The fourth-order valence-corrected chi connectivity index (χ4v) is 2.51. The first kappa shape index (κ1) is 37.4. The number of rotatable bonds is 8. The van der Waals surface area contributed by atoms with E-state index in [4.69, 9.17) is 5.11 Å². The van der Waals surface area contributed by atoms with Crippen molar-refractivity contribution < 1.29 is 70.2 Å². The van der Waals surface area contributed by atoms with Crippen LogP contribution >= 0.6 is 0 Å². The predicted molar refractivity (Wildman–Crippen MR) is 119 cm³/mol. The van der Waals surface area contributed by atoms with Crippen molar-refractivity contribution in [3.63, 3.8) is 0 Å². The number of hydrogen-bond acceptors (Lipinski definition) is 5.